The number of nitrogens with zero attached hydrogens (tertiary/aromatic N) is 1. The number of rotatable bonds is 5. The first-order valence-electron chi connectivity index (χ1n) is 8.52. The summed E-state index contributed by atoms with van der Waals surface area (Å²) in [7, 11) is -7.42. The van der Waals surface area contributed by atoms with Crippen molar-refractivity contribution >= 4 is 42.9 Å². The van der Waals surface area contributed by atoms with Gasteiger partial charge in [0.1, 0.15) is 10.0 Å². The molecule has 1 aromatic carbocycles. The molecule has 1 aromatic heterocycles. The molecule has 0 saturated heterocycles. The topological polar surface area (TPSA) is 105 Å². The lowest BCUT2D eigenvalue weighted by Crippen LogP contribution is -2.30. The van der Waals surface area contributed by atoms with E-state index in [0.29, 0.717) is 24.5 Å². The lowest BCUT2D eigenvalue weighted by Gasteiger charge is -2.11. The van der Waals surface area contributed by atoms with E-state index in [-0.39, 0.29) is 9.10 Å². The Labute approximate surface area is 163 Å². The molecule has 0 radical (unpaired) electrons. The first-order valence-corrected chi connectivity index (χ1v) is 12.3. The van der Waals surface area contributed by atoms with Crippen LogP contribution in [0.4, 0.5) is 5.69 Å². The molecule has 27 heavy (non-hydrogen) atoms. The van der Waals surface area contributed by atoms with E-state index in [1.165, 1.54) is 35.6 Å². The van der Waals surface area contributed by atoms with Gasteiger partial charge in [0, 0.05) is 23.5 Å². The molecule has 0 aliphatic carbocycles. The predicted octanol–water partition coefficient (Wildman–Crippen LogP) is 3.11. The number of aryl methyl sites for hydroxylation is 1. The number of nitrogens with one attached hydrogen (secondary N) is 2. The molecular formula is C17H21N3O4S3. The van der Waals surface area contributed by atoms with E-state index in [4.69, 9.17) is 0 Å². The Morgan fingerprint density at radius 1 is 0.889 bits per heavy atom. The summed E-state index contributed by atoms with van der Waals surface area (Å²) < 4.78 is 54.9. The molecule has 146 valence electrons. The molecule has 7 nitrogen and oxygen atoms in total. The van der Waals surface area contributed by atoms with Crippen molar-refractivity contribution in [2.75, 3.05) is 11.3 Å². The van der Waals surface area contributed by atoms with Crippen molar-refractivity contribution in [3.8, 4) is 0 Å². The number of thiophene rings is 1. The number of hydrogen-bond acceptors (Lipinski definition) is 6. The predicted molar refractivity (Wildman–Crippen MR) is 107 cm³/mol. The van der Waals surface area contributed by atoms with Gasteiger partial charge in [-0.25, -0.2) is 16.8 Å². The number of anilines is 1. The molecule has 0 amide bonds. The molecule has 0 atom stereocenters. The molecule has 2 heterocycles. The molecule has 1 aliphatic heterocycles. The van der Waals surface area contributed by atoms with E-state index in [9.17, 15) is 16.8 Å². The highest BCUT2D eigenvalue weighted by Gasteiger charge is 2.19. The van der Waals surface area contributed by atoms with Crippen LogP contribution in [0.15, 0.2) is 50.5 Å². The van der Waals surface area contributed by atoms with Crippen molar-refractivity contribution in [3.05, 3.63) is 41.3 Å². The van der Waals surface area contributed by atoms with Crippen LogP contribution in [0, 0.1) is 6.92 Å². The van der Waals surface area contributed by atoms with Crippen LogP contribution in [-0.2, 0) is 20.0 Å². The fourth-order valence-electron chi connectivity index (χ4n) is 2.64. The second-order valence-corrected chi connectivity index (χ2v) is 11.1. The Balaban J connectivity index is 1.73. The molecule has 0 spiro atoms. The maximum Gasteiger partial charge on any atom is 0.271 e. The second-order valence-electron chi connectivity index (χ2n) is 6.24. The quantitative estimate of drug-likeness (QED) is 0.765. The van der Waals surface area contributed by atoms with Crippen LogP contribution < -0.4 is 9.44 Å². The maximum absolute atomic E-state index is 12.5. The average Bonchev–Trinajstić information content (AvgIpc) is 2.90. The van der Waals surface area contributed by atoms with Crippen LogP contribution in [0.5, 0.6) is 0 Å². The van der Waals surface area contributed by atoms with Crippen molar-refractivity contribution in [3.63, 3.8) is 0 Å². The zero-order valence-electron chi connectivity index (χ0n) is 14.8. The minimum atomic E-state index is -3.74. The van der Waals surface area contributed by atoms with Crippen LogP contribution in [0.3, 0.4) is 0 Å². The van der Waals surface area contributed by atoms with E-state index in [0.717, 1.165) is 24.1 Å². The summed E-state index contributed by atoms with van der Waals surface area (Å²) in [4.78, 5) is 5.22. The van der Waals surface area contributed by atoms with Crippen molar-refractivity contribution in [2.45, 2.75) is 41.7 Å². The Morgan fingerprint density at radius 3 is 2.30 bits per heavy atom. The monoisotopic (exact) mass is 427 g/mol. The van der Waals surface area contributed by atoms with Crippen LogP contribution in [0.25, 0.3) is 0 Å². The lowest BCUT2D eigenvalue weighted by molar-refractivity contribution is 0.591. The molecule has 0 unspecified atom stereocenters. The van der Waals surface area contributed by atoms with Gasteiger partial charge in [-0.2, -0.15) is 0 Å². The molecule has 2 aromatic rings. The van der Waals surface area contributed by atoms with Gasteiger partial charge in [-0.05, 0) is 56.2 Å². The van der Waals surface area contributed by atoms with Gasteiger partial charge in [-0.1, -0.05) is 6.42 Å². The number of hydrogen-bond donors (Lipinski definition) is 2. The molecule has 0 saturated carbocycles. The summed E-state index contributed by atoms with van der Waals surface area (Å²) in [6.07, 6.45) is 3.51. The van der Waals surface area contributed by atoms with Gasteiger partial charge in [0.2, 0.25) is 0 Å². The second kappa shape index (κ2) is 7.99. The number of benzene rings is 1. The Bertz CT molecular complexity index is 1040. The molecule has 10 heteroatoms. The molecular weight excluding hydrogens is 406 g/mol. The summed E-state index contributed by atoms with van der Waals surface area (Å²) in [5.74, 6) is 0.477. The smallest absolute Gasteiger partial charge is 0.271 e. The number of amidine groups is 1. The summed E-state index contributed by atoms with van der Waals surface area (Å²) >= 11 is 1.17. The van der Waals surface area contributed by atoms with Gasteiger partial charge in [-0.3, -0.25) is 14.4 Å². The molecule has 0 fully saturated rings. The zero-order valence-corrected chi connectivity index (χ0v) is 17.3. The minimum absolute atomic E-state index is 0.0596. The van der Waals surface area contributed by atoms with Crippen molar-refractivity contribution in [2.24, 2.45) is 4.99 Å². The fourth-order valence-corrected chi connectivity index (χ4v) is 6.07. The third-order valence-electron chi connectivity index (χ3n) is 4.02. The van der Waals surface area contributed by atoms with Gasteiger partial charge >= 0.3 is 0 Å². The molecule has 3 rings (SSSR count). The van der Waals surface area contributed by atoms with Crippen LogP contribution in [-0.4, -0.2) is 29.2 Å². The molecule has 1 aliphatic rings. The van der Waals surface area contributed by atoms with E-state index in [1.54, 1.807) is 12.1 Å². The van der Waals surface area contributed by atoms with Crippen LogP contribution in [0.1, 0.15) is 30.6 Å². The standard InChI is InChI=1S/C17H21N3O4S3/c1-13-6-11-17(25-13)27(23,24)19-14-7-9-15(10-8-14)26(21,22)20-16-5-3-2-4-12-18-16/h6-11,19H,2-5,12H2,1H3,(H,18,20). The molecule has 2 N–H and O–H groups in total. The highest BCUT2D eigenvalue weighted by atomic mass is 32.2. The molecule has 0 bridgehead atoms. The van der Waals surface area contributed by atoms with Crippen molar-refractivity contribution in [1.29, 1.82) is 0 Å². The zero-order chi connectivity index (χ0) is 19.5. The van der Waals surface area contributed by atoms with E-state index >= 15 is 0 Å². The van der Waals surface area contributed by atoms with Crippen molar-refractivity contribution in [1.82, 2.24) is 4.72 Å². The van der Waals surface area contributed by atoms with Gasteiger partial charge in [0.25, 0.3) is 20.0 Å². The highest BCUT2D eigenvalue weighted by Crippen LogP contribution is 2.24. The third-order valence-corrected chi connectivity index (χ3v) is 8.29. The first-order chi connectivity index (χ1) is 12.8. The first kappa shape index (κ1) is 19.8. The average molecular weight is 428 g/mol. The van der Waals surface area contributed by atoms with Gasteiger partial charge in [0.15, 0.2) is 0 Å². The van der Waals surface area contributed by atoms with E-state index in [2.05, 4.69) is 14.4 Å². The summed E-state index contributed by atoms with van der Waals surface area (Å²) in [5, 5.41) is 0. The highest BCUT2D eigenvalue weighted by molar-refractivity contribution is 7.94. The Morgan fingerprint density at radius 2 is 1.63 bits per heavy atom. The minimum Gasteiger partial charge on any atom is -0.279 e. The fraction of sp³-hybridized carbons (Fsp3) is 0.353. The van der Waals surface area contributed by atoms with E-state index in [1.807, 2.05) is 6.92 Å². The summed E-state index contributed by atoms with van der Waals surface area (Å²) in [6, 6.07) is 8.88. The lowest BCUT2D eigenvalue weighted by atomic mass is 10.2. The largest absolute Gasteiger partial charge is 0.279 e. The normalized spacial score (nSPS) is 15.7. The van der Waals surface area contributed by atoms with Gasteiger partial charge in [0.05, 0.1) is 4.90 Å². The van der Waals surface area contributed by atoms with Crippen LogP contribution in [0.2, 0.25) is 0 Å². The Hall–Kier alpha value is -1.91. The summed E-state index contributed by atoms with van der Waals surface area (Å²) in [5.41, 5.74) is 0.298. The van der Waals surface area contributed by atoms with Gasteiger partial charge in [-0.15, -0.1) is 11.3 Å². The van der Waals surface area contributed by atoms with Gasteiger partial charge < -0.3 is 0 Å². The Kier molecular flexibility index (Phi) is 5.87. The summed E-state index contributed by atoms with van der Waals surface area (Å²) in [6.45, 7) is 2.45. The van der Waals surface area contributed by atoms with Crippen molar-refractivity contribution < 1.29 is 16.8 Å². The third kappa shape index (κ3) is 5.08. The SMILES string of the molecule is Cc1ccc(S(=O)(=O)Nc2ccc(S(=O)(=O)NC3=NCCCCC3)cc2)s1. The van der Waals surface area contributed by atoms with Crippen LogP contribution >= 0.6 is 11.3 Å². The number of aliphatic imine (C=N–C) groups is 1. The maximum atomic E-state index is 12.5. The van der Waals surface area contributed by atoms with E-state index < -0.39 is 20.0 Å². The number of sulfonamides is 2.